The van der Waals surface area contributed by atoms with Crippen LogP contribution in [0.3, 0.4) is 0 Å². The maximum atomic E-state index is 13.8. The largest absolute Gasteiger partial charge is 0.493 e. The van der Waals surface area contributed by atoms with E-state index < -0.39 is 0 Å². The first-order chi connectivity index (χ1) is 13.4. The molecule has 0 aliphatic carbocycles. The molecule has 0 bridgehead atoms. The lowest BCUT2D eigenvalue weighted by Crippen LogP contribution is -2.27. The molecule has 0 atom stereocenters. The zero-order valence-electron chi connectivity index (χ0n) is 16.8. The molecule has 148 valence electrons. The van der Waals surface area contributed by atoms with E-state index in [1.165, 1.54) is 0 Å². The fourth-order valence-corrected chi connectivity index (χ4v) is 3.24. The maximum Gasteiger partial charge on any atom is 0.203 e. The van der Waals surface area contributed by atoms with Crippen molar-refractivity contribution >= 4 is 11.6 Å². The van der Waals surface area contributed by atoms with Gasteiger partial charge in [0.25, 0.3) is 0 Å². The summed E-state index contributed by atoms with van der Waals surface area (Å²) in [5, 5.41) is 0. The van der Waals surface area contributed by atoms with Crippen LogP contribution in [0.5, 0.6) is 23.0 Å². The van der Waals surface area contributed by atoms with Gasteiger partial charge in [-0.25, -0.2) is 4.39 Å². The van der Waals surface area contributed by atoms with E-state index in [0.717, 1.165) is 22.4 Å². The zero-order chi connectivity index (χ0) is 20.3. The SMILES string of the molecule is COc1cc(CC(=C[18F])c2ccc3c(c2)C=CC(C)(C)O3)cc(OC)c1OC. The number of hydrogen-bond donors (Lipinski definition) is 0. The summed E-state index contributed by atoms with van der Waals surface area (Å²) in [6, 6.07) is 9.35. The molecule has 1 heterocycles. The molecule has 0 saturated carbocycles. The molecule has 1 aliphatic rings. The monoisotopic (exact) mass is 383 g/mol. The van der Waals surface area contributed by atoms with Gasteiger partial charge in [-0.1, -0.05) is 12.1 Å². The van der Waals surface area contributed by atoms with E-state index in [1.54, 1.807) is 21.3 Å². The van der Waals surface area contributed by atoms with Crippen molar-refractivity contribution in [2.45, 2.75) is 25.9 Å². The van der Waals surface area contributed by atoms with Crippen molar-refractivity contribution in [3.8, 4) is 23.0 Å². The average Bonchev–Trinajstić information content (AvgIpc) is 2.70. The van der Waals surface area contributed by atoms with E-state index in [4.69, 9.17) is 18.9 Å². The predicted octanol–water partition coefficient (Wildman–Crippen LogP) is 5.45. The van der Waals surface area contributed by atoms with Crippen LogP contribution in [-0.2, 0) is 6.42 Å². The maximum absolute atomic E-state index is 13.8. The summed E-state index contributed by atoms with van der Waals surface area (Å²) in [5.41, 5.74) is 2.78. The summed E-state index contributed by atoms with van der Waals surface area (Å²) in [6.07, 6.45) is 5.03. The molecule has 2 aromatic rings. The van der Waals surface area contributed by atoms with Crippen LogP contribution >= 0.6 is 0 Å². The topological polar surface area (TPSA) is 36.9 Å². The predicted molar refractivity (Wildman–Crippen MR) is 109 cm³/mol. The highest BCUT2D eigenvalue weighted by Gasteiger charge is 2.22. The molecular formula is C23H25FO4. The third-order valence-electron chi connectivity index (χ3n) is 4.67. The first kappa shape index (κ1) is 19.8. The van der Waals surface area contributed by atoms with Crippen LogP contribution in [0.2, 0.25) is 0 Å². The third-order valence-corrected chi connectivity index (χ3v) is 4.67. The minimum atomic E-state index is -0.344. The molecule has 0 radical (unpaired) electrons. The lowest BCUT2D eigenvalue weighted by Gasteiger charge is -2.28. The second-order valence-corrected chi connectivity index (χ2v) is 7.14. The summed E-state index contributed by atoms with van der Waals surface area (Å²) in [7, 11) is 4.67. The van der Waals surface area contributed by atoms with Crippen LogP contribution in [0.25, 0.3) is 11.6 Å². The lowest BCUT2D eigenvalue weighted by atomic mass is 9.95. The standard InChI is InChI=1S/C23H25FO4/c1-23(2)9-8-17-13-16(6-7-19(17)28-23)18(14-24)10-15-11-20(25-3)22(27-5)21(12-15)26-4/h6-9,11-14H,10H2,1-5H3/i24-1. The number of benzene rings is 2. The molecule has 5 heteroatoms. The highest BCUT2D eigenvalue weighted by atomic mass is 18.2. The van der Waals surface area contributed by atoms with Crippen LogP contribution in [-0.4, -0.2) is 26.9 Å². The summed E-state index contributed by atoms with van der Waals surface area (Å²) in [5.74, 6) is 2.39. The van der Waals surface area contributed by atoms with Gasteiger partial charge in [0.05, 0.1) is 27.7 Å². The van der Waals surface area contributed by atoms with Gasteiger partial charge in [0.15, 0.2) is 11.5 Å². The van der Waals surface area contributed by atoms with Gasteiger partial charge >= 0.3 is 0 Å². The van der Waals surface area contributed by atoms with Crippen LogP contribution in [0.1, 0.15) is 30.5 Å². The van der Waals surface area contributed by atoms with Gasteiger partial charge < -0.3 is 18.9 Å². The minimum absolute atomic E-state index is 0.344. The minimum Gasteiger partial charge on any atom is -0.493 e. The van der Waals surface area contributed by atoms with Crippen molar-refractivity contribution in [3.05, 3.63) is 59.4 Å². The van der Waals surface area contributed by atoms with Crippen molar-refractivity contribution in [1.29, 1.82) is 0 Å². The third kappa shape index (κ3) is 3.98. The Balaban J connectivity index is 1.92. The molecule has 0 N–H and O–H groups in total. The first-order valence-electron chi connectivity index (χ1n) is 9.01. The fourth-order valence-electron chi connectivity index (χ4n) is 3.24. The number of hydrogen-bond acceptors (Lipinski definition) is 4. The molecule has 1 aliphatic heterocycles. The molecule has 0 fully saturated rings. The van der Waals surface area contributed by atoms with Gasteiger partial charge in [0, 0.05) is 12.0 Å². The Morgan fingerprint density at radius 2 is 1.71 bits per heavy atom. The van der Waals surface area contributed by atoms with Gasteiger partial charge in [0.2, 0.25) is 5.75 Å². The molecule has 28 heavy (non-hydrogen) atoms. The molecule has 3 rings (SSSR count). The number of methoxy groups -OCH3 is 3. The lowest BCUT2D eigenvalue weighted by molar-refractivity contribution is 0.159. The Bertz CT molecular complexity index is 903. The number of allylic oxidation sites excluding steroid dienone is 1. The summed E-state index contributed by atoms with van der Waals surface area (Å²) in [6.45, 7) is 4.00. The summed E-state index contributed by atoms with van der Waals surface area (Å²) >= 11 is 0. The van der Waals surface area contributed by atoms with Crippen molar-refractivity contribution in [1.82, 2.24) is 0 Å². The van der Waals surface area contributed by atoms with Crippen LogP contribution in [0, 0.1) is 0 Å². The highest BCUT2D eigenvalue weighted by molar-refractivity contribution is 5.73. The molecular weight excluding hydrogens is 358 g/mol. The van der Waals surface area contributed by atoms with E-state index in [0.29, 0.717) is 35.6 Å². The van der Waals surface area contributed by atoms with Gasteiger partial charge in [-0.15, -0.1) is 0 Å². The Hall–Kier alpha value is -2.95. The molecule has 2 aromatic carbocycles. The molecule has 0 unspecified atom stereocenters. The van der Waals surface area contributed by atoms with Gasteiger partial charge in [-0.05, 0) is 60.9 Å². The van der Waals surface area contributed by atoms with E-state index >= 15 is 0 Å². The van der Waals surface area contributed by atoms with Crippen molar-refractivity contribution in [3.63, 3.8) is 0 Å². The molecule has 0 spiro atoms. The van der Waals surface area contributed by atoms with E-state index in [2.05, 4.69) is 0 Å². The normalized spacial score (nSPS) is 14.9. The Kier molecular flexibility index (Phi) is 5.63. The van der Waals surface area contributed by atoms with Crippen LogP contribution in [0.15, 0.2) is 42.7 Å². The smallest absolute Gasteiger partial charge is 0.203 e. The van der Waals surface area contributed by atoms with Crippen molar-refractivity contribution in [2.75, 3.05) is 21.3 Å². The van der Waals surface area contributed by atoms with E-state index in [1.807, 2.05) is 56.3 Å². The number of halogens is 1. The number of fused-ring (bicyclic) bond motifs is 1. The average molecular weight is 383 g/mol. The Morgan fingerprint density at radius 3 is 2.29 bits per heavy atom. The van der Waals surface area contributed by atoms with Crippen LogP contribution < -0.4 is 18.9 Å². The Labute approximate surface area is 165 Å². The molecule has 0 aromatic heterocycles. The second kappa shape index (κ2) is 7.97. The first-order valence-corrected chi connectivity index (χ1v) is 9.01. The molecule has 0 amide bonds. The van der Waals surface area contributed by atoms with Crippen LogP contribution in [0.4, 0.5) is 4.39 Å². The van der Waals surface area contributed by atoms with E-state index in [9.17, 15) is 4.39 Å². The zero-order valence-corrected chi connectivity index (χ0v) is 16.8. The van der Waals surface area contributed by atoms with E-state index in [-0.39, 0.29) is 5.60 Å². The number of ether oxygens (including phenoxy) is 4. The van der Waals surface area contributed by atoms with Gasteiger partial charge in [-0.3, -0.25) is 0 Å². The van der Waals surface area contributed by atoms with Gasteiger partial charge in [0.1, 0.15) is 11.4 Å². The summed E-state index contributed by atoms with van der Waals surface area (Å²) < 4.78 is 35.9. The van der Waals surface area contributed by atoms with Crippen molar-refractivity contribution in [2.24, 2.45) is 0 Å². The summed E-state index contributed by atoms with van der Waals surface area (Å²) in [4.78, 5) is 0. The fraction of sp³-hybridized carbons (Fsp3) is 0.304. The highest BCUT2D eigenvalue weighted by Crippen LogP contribution is 2.40. The quantitative estimate of drug-likeness (QED) is 0.665. The Morgan fingerprint density at radius 1 is 1.04 bits per heavy atom. The number of rotatable bonds is 6. The second-order valence-electron chi connectivity index (χ2n) is 7.14. The van der Waals surface area contributed by atoms with Crippen molar-refractivity contribution < 1.29 is 23.3 Å². The van der Waals surface area contributed by atoms with Gasteiger partial charge in [-0.2, -0.15) is 0 Å². The molecule has 4 nitrogen and oxygen atoms in total. The molecule has 0 saturated heterocycles.